The van der Waals surface area contributed by atoms with Gasteiger partial charge in [0.25, 0.3) is 0 Å². The maximum absolute atomic E-state index is 11.8. The lowest BCUT2D eigenvalue weighted by Crippen LogP contribution is -2.15. The summed E-state index contributed by atoms with van der Waals surface area (Å²) >= 11 is 3.32. The van der Waals surface area contributed by atoms with Crippen molar-refractivity contribution < 1.29 is 33.3 Å². The van der Waals surface area contributed by atoms with Gasteiger partial charge < -0.3 is 18.9 Å². The molecule has 0 aliphatic carbocycles. The molecule has 0 saturated heterocycles. The molecular formula is C17H17BrO7. The molecule has 0 aromatic heterocycles. The van der Waals surface area contributed by atoms with Crippen LogP contribution in [0.3, 0.4) is 0 Å². The number of hydrogen-bond acceptors (Lipinski definition) is 7. The van der Waals surface area contributed by atoms with Gasteiger partial charge >= 0.3 is 17.9 Å². The van der Waals surface area contributed by atoms with Crippen LogP contribution in [-0.4, -0.2) is 45.8 Å². The van der Waals surface area contributed by atoms with Gasteiger partial charge in [-0.2, -0.15) is 0 Å². The Morgan fingerprint density at radius 3 is 2.24 bits per heavy atom. The van der Waals surface area contributed by atoms with Gasteiger partial charge in [-0.15, -0.1) is 0 Å². The third-order valence-corrected chi connectivity index (χ3v) is 3.37. The molecule has 7 nitrogen and oxygen atoms in total. The van der Waals surface area contributed by atoms with Crippen LogP contribution in [0.1, 0.15) is 5.56 Å². The van der Waals surface area contributed by atoms with Crippen LogP contribution in [0.2, 0.25) is 0 Å². The van der Waals surface area contributed by atoms with Crippen LogP contribution in [-0.2, 0) is 28.6 Å². The van der Waals surface area contributed by atoms with Crippen LogP contribution in [0, 0.1) is 0 Å². The summed E-state index contributed by atoms with van der Waals surface area (Å²) in [6.45, 7) is 0.0815. The van der Waals surface area contributed by atoms with E-state index in [4.69, 9.17) is 4.74 Å². The minimum Gasteiger partial charge on any atom is -0.489 e. The summed E-state index contributed by atoms with van der Waals surface area (Å²) in [5.41, 5.74) is 0.183. The van der Waals surface area contributed by atoms with Crippen molar-refractivity contribution >= 4 is 39.9 Å². The second kappa shape index (κ2) is 10.3. The zero-order valence-corrected chi connectivity index (χ0v) is 15.5. The molecule has 0 atom stereocenters. The fourth-order valence-electron chi connectivity index (χ4n) is 1.68. The average molecular weight is 413 g/mol. The number of ether oxygens (including phenoxy) is 4. The highest BCUT2D eigenvalue weighted by Crippen LogP contribution is 2.26. The lowest BCUT2D eigenvalue weighted by atomic mass is 10.1. The molecular weight excluding hydrogens is 396 g/mol. The molecule has 134 valence electrons. The van der Waals surface area contributed by atoms with Crippen LogP contribution in [0.5, 0.6) is 5.75 Å². The van der Waals surface area contributed by atoms with E-state index in [2.05, 4.69) is 30.1 Å². The lowest BCUT2D eigenvalue weighted by molar-refractivity contribution is -0.144. The van der Waals surface area contributed by atoms with Gasteiger partial charge in [-0.1, -0.05) is 22.0 Å². The number of halogens is 1. The first-order valence-corrected chi connectivity index (χ1v) is 7.77. The monoisotopic (exact) mass is 412 g/mol. The summed E-state index contributed by atoms with van der Waals surface area (Å²) in [5.74, 6) is -1.77. The van der Waals surface area contributed by atoms with E-state index in [0.29, 0.717) is 11.3 Å². The fourth-order valence-corrected chi connectivity index (χ4v) is 2.02. The molecule has 0 fully saturated rings. The predicted octanol–water partition coefficient (Wildman–Crippen LogP) is 2.29. The molecule has 1 aromatic rings. The highest BCUT2D eigenvalue weighted by Gasteiger charge is 2.20. The Balaban J connectivity index is 3.11. The van der Waals surface area contributed by atoms with Gasteiger partial charge in [0.15, 0.2) is 0 Å². The van der Waals surface area contributed by atoms with E-state index in [1.54, 1.807) is 18.2 Å². The molecule has 0 N–H and O–H groups in total. The van der Waals surface area contributed by atoms with E-state index in [1.165, 1.54) is 25.3 Å². The fraction of sp³-hybridized carbons (Fsp3) is 0.235. The quantitative estimate of drug-likeness (QED) is 0.223. The Hall–Kier alpha value is -2.61. The summed E-state index contributed by atoms with van der Waals surface area (Å²) in [7, 11) is 3.59. The van der Waals surface area contributed by atoms with Gasteiger partial charge in [-0.05, 0) is 24.3 Å². The molecule has 0 radical (unpaired) electrons. The van der Waals surface area contributed by atoms with E-state index in [-0.39, 0.29) is 12.2 Å². The highest BCUT2D eigenvalue weighted by molar-refractivity contribution is 9.10. The lowest BCUT2D eigenvalue weighted by Gasteiger charge is -2.09. The number of carbonyl (C=O) groups excluding carboxylic acids is 3. The number of esters is 3. The summed E-state index contributed by atoms with van der Waals surface area (Å²) in [5, 5.41) is 0. The Morgan fingerprint density at radius 1 is 1.04 bits per heavy atom. The van der Waals surface area contributed by atoms with Gasteiger partial charge in [0.05, 0.1) is 21.3 Å². The minimum atomic E-state index is -0.827. The Morgan fingerprint density at radius 2 is 1.68 bits per heavy atom. The van der Waals surface area contributed by atoms with Crippen molar-refractivity contribution in [3.63, 3.8) is 0 Å². The molecule has 8 heteroatoms. The van der Waals surface area contributed by atoms with Gasteiger partial charge in [0, 0.05) is 16.1 Å². The molecule has 0 unspecified atom stereocenters. The van der Waals surface area contributed by atoms with Crippen LogP contribution in [0.15, 0.2) is 40.4 Å². The molecule has 0 heterocycles. The van der Waals surface area contributed by atoms with Crippen LogP contribution in [0.4, 0.5) is 0 Å². The van der Waals surface area contributed by atoms with Crippen molar-refractivity contribution in [2.24, 2.45) is 0 Å². The molecule has 0 amide bonds. The maximum Gasteiger partial charge on any atom is 0.345 e. The van der Waals surface area contributed by atoms with E-state index in [0.717, 1.165) is 18.7 Å². The Kier molecular flexibility index (Phi) is 8.42. The van der Waals surface area contributed by atoms with E-state index >= 15 is 0 Å². The van der Waals surface area contributed by atoms with Crippen LogP contribution in [0.25, 0.3) is 6.08 Å². The average Bonchev–Trinajstić information content (AvgIpc) is 2.62. The minimum absolute atomic E-state index is 0.0815. The zero-order chi connectivity index (χ0) is 18.8. The normalized spacial score (nSPS) is 10.1. The largest absolute Gasteiger partial charge is 0.489 e. The summed E-state index contributed by atoms with van der Waals surface area (Å²) in [6, 6.07) is 5.02. The number of rotatable bonds is 7. The first kappa shape index (κ1) is 20.4. The molecule has 0 saturated carbocycles. The topological polar surface area (TPSA) is 88.1 Å². The maximum atomic E-state index is 11.8. The molecule has 25 heavy (non-hydrogen) atoms. The predicted molar refractivity (Wildman–Crippen MR) is 92.8 cm³/mol. The van der Waals surface area contributed by atoms with Crippen molar-refractivity contribution in [3.8, 4) is 5.75 Å². The highest BCUT2D eigenvalue weighted by atomic mass is 79.9. The number of hydrogen-bond donors (Lipinski definition) is 0. The summed E-state index contributed by atoms with van der Waals surface area (Å²) < 4.78 is 19.9. The summed E-state index contributed by atoms with van der Waals surface area (Å²) in [4.78, 5) is 34.5. The number of methoxy groups -OCH3 is 3. The van der Waals surface area contributed by atoms with Crippen molar-refractivity contribution in [2.75, 3.05) is 27.9 Å². The molecule has 0 aliphatic heterocycles. The smallest absolute Gasteiger partial charge is 0.345 e. The van der Waals surface area contributed by atoms with Gasteiger partial charge in [0.2, 0.25) is 0 Å². The van der Waals surface area contributed by atoms with Crippen LogP contribution < -0.4 is 4.74 Å². The second-order valence-electron chi connectivity index (χ2n) is 4.46. The summed E-state index contributed by atoms with van der Waals surface area (Å²) in [6.07, 6.45) is 4.01. The number of carbonyl (C=O) groups is 3. The van der Waals surface area contributed by atoms with Crippen molar-refractivity contribution in [1.82, 2.24) is 0 Å². The van der Waals surface area contributed by atoms with E-state index < -0.39 is 17.9 Å². The van der Waals surface area contributed by atoms with Crippen molar-refractivity contribution in [2.45, 2.75) is 0 Å². The molecule has 0 spiro atoms. The molecule has 0 aliphatic rings. The third kappa shape index (κ3) is 6.42. The van der Waals surface area contributed by atoms with Crippen molar-refractivity contribution in [1.29, 1.82) is 0 Å². The van der Waals surface area contributed by atoms with Gasteiger partial charge in [-0.25, -0.2) is 14.4 Å². The first-order valence-electron chi connectivity index (χ1n) is 6.98. The number of benzene rings is 1. The van der Waals surface area contributed by atoms with Gasteiger partial charge in [-0.3, -0.25) is 0 Å². The molecule has 1 rings (SSSR count). The van der Waals surface area contributed by atoms with Gasteiger partial charge in [0.1, 0.15) is 17.9 Å². The first-order chi connectivity index (χ1) is 11.9. The Labute approximate surface area is 153 Å². The van der Waals surface area contributed by atoms with Crippen LogP contribution >= 0.6 is 15.9 Å². The molecule has 1 aromatic carbocycles. The second-order valence-corrected chi connectivity index (χ2v) is 5.38. The zero-order valence-electron chi connectivity index (χ0n) is 13.9. The van der Waals surface area contributed by atoms with E-state index in [9.17, 15) is 14.4 Å². The SMILES string of the molecule is COC(=O)/C=C/COc1cc(Br)ccc1C=C(C(=O)OC)C(=O)OC. The standard InChI is InChI=1S/C17H17BrO7/c1-22-15(19)5-4-8-25-14-10-12(18)7-6-11(14)9-13(16(20)23-2)17(21)24-3/h4-7,9-10H,8H2,1-3H3/b5-4+. The Bertz CT molecular complexity index is 689. The molecule has 0 bridgehead atoms. The van der Waals surface area contributed by atoms with Crippen molar-refractivity contribution in [3.05, 3.63) is 46.0 Å². The third-order valence-electron chi connectivity index (χ3n) is 2.88. The van der Waals surface area contributed by atoms with E-state index in [1.807, 2.05) is 0 Å².